The van der Waals surface area contributed by atoms with Gasteiger partial charge in [-0.3, -0.25) is 0 Å². The summed E-state index contributed by atoms with van der Waals surface area (Å²) in [5.41, 5.74) is 3.15. The molecule has 0 amide bonds. The molecule has 0 radical (unpaired) electrons. The van der Waals surface area contributed by atoms with Crippen molar-refractivity contribution < 1.29 is 4.48 Å². The van der Waals surface area contributed by atoms with Gasteiger partial charge in [0.05, 0.1) is 28.4 Å². The van der Waals surface area contributed by atoms with Crippen molar-refractivity contribution in [2.45, 2.75) is 26.7 Å². The maximum atomic E-state index is 6.40. The molecule has 5 heteroatoms. The Kier molecular flexibility index (Phi) is 5.38. The number of halogens is 2. The lowest BCUT2D eigenvalue weighted by atomic mass is 10.1. The lowest BCUT2D eigenvalue weighted by Crippen LogP contribution is -2.31. The molecule has 0 aliphatic carbocycles. The summed E-state index contributed by atoms with van der Waals surface area (Å²) in [7, 11) is 2.14. The number of quaternary nitrogens is 1. The van der Waals surface area contributed by atoms with E-state index in [4.69, 9.17) is 28.2 Å². The first-order chi connectivity index (χ1) is 12.0. The molecule has 0 saturated heterocycles. The Bertz CT molecular complexity index is 786. The van der Waals surface area contributed by atoms with Gasteiger partial charge in [-0.2, -0.15) is 0 Å². The molecule has 0 saturated carbocycles. The molecule has 0 N–H and O–H groups in total. The quantitative estimate of drug-likeness (QED) is 0.582. The maximum Gasteiger partial charge on any atom is 0.238 e. The van der Waals surface area contributed by atoms with E-state index in [9.17, 15) is 0 Å². The monoisotopic (exact) mass is 376 g/mol. The van der Waals surface area contributed by atoms with Crippen LogP contribution < -0.4 is 0 Å². The van der Waals surface area contributed by atoms with Crippen LogP contribution in [0.4, 0.5) is 0 Å². The summed E-state index contributed by atoms with van der Waals surface area (Å²) >= 11 is 12.6. The number of fused-ring (bicyclic) bond motifs is 1. The predicted octanol–water partition coefficient (Wildman–Crippen LogP) is 5.68. The van der Waals surface area contributed by atoms with Gasteiger partial charge in [0, 0.05) is 30.9 Å². The summed E-state index contributed by atoms with van der Waals surface area (Å²) in [5.74, 6) is 1.02. The smallest absolute Gasteiger partial charge is 0.238 e. The molecule has 0 bridgehead atoms. The summed E-state index contributed by atoms with van der Waals surface area (Å²) in [5, 5.41) is 1.13. The topological polar surface area (TPSA) is 15.6 Å². The molecule has 3 nitrogen and oxygen atoms in total. The molecule has 3 rings (SSSR count). The highest BCUT2D eigenvalue weighted by Crippen LogP contribution is 2.37. The van der Waals surface area contributed by atoms with E-state index in [1.165, 1.54) is 5.70 Å². The van der Waals surface area contributed by atoms with Crippen LogP contribution in [0.25, 0.3) is 5.57 Å². The van der Waals surface area contributed by atoms with E-state index in [-0.39, 0.29) is 0 Å². The minimum absolute atomic E-state index is 0.550. The van der Waals surface area contributed by atoms with Gasteiger partial charge in [-0.05, 0) is 18.9 Å². The Labute approximate surface area is 160 Å². The lowest BCUT2D eigenvalue weighted by molar-refractivity contribution is -0.763. The summed E-state index contributed by atoms with van der Waals surface area (Å²) in [6.45, 7) is 6.55. The van der Waals surface area contributed by atoms with Gasteiger partial charge < -0.3 is 4.90 Å². The summed E-state index contributed by atoms with van der Waals surface area (Å²) in [4.78, 5) is 7.14. The van der Waals surface area contributed by atoms with Crippen LogP contribution in [0.1, 0.15) is 32.3 Å². The third-order valence-electron chi connectivity index (χ3n) is 4.53. The van der Waals surface area contributed by atoms with Gasteiger partial charge in [0.2, 0.25) is 5.82 Å². The van der Waals surface area contributed by atoms with Crippen molar-refractivity contribution in [2.75, 3.05) is 20.1 Å². The number of allylic oxidation sites excluding steroid dienone is 2. The SMILES string of the molecule is CCCN(CCC)C1=C[N+]2(C)C=C(c3cccc(Cl)c3Cl)C=NC2=C1. The molecule has 132 valence electrons. The molecule has 2 heterocycles. The molecule has 0 fully saturated rings. The molecule has 1 unspecified atom stereocenters. The Balaban J connectivity index is 1.97. The zero-order valence-corrected chi connectivity index (χ0v) is 16.5. The van der Waals surface area contributed by atoms with Crippen LogP contribution in [0.2, 0.25) is 10.0 Å². The normalized spacial score (nSPS) is 21.6. The maximum absolute atomic E-state index is 6.40. The molecular weight excluding hydrogens is 353 g/mol. The van der Waals surface area contributed by atoms with Crippen molar-refractivity contribution in [3.05, 3.63) is 63.8 Å². The number of rotatable bonds is 6. The molecule has 1 aromatic rings. The third-order valence-corrected chi connectivity index (χ3v) is 5.35. The van der Waals surface area contributed by atoms with Gasteiger partial charge in [-0.1, -0.05) is 49.2 Å². The van der Waals surface area contributed by atoms with Crippen molar-refractivity contribution in [2.24, 2.45) is 4.99 Å². The highest BCUT2D eigenvalue weighted by atomic mass is 35.5. The molecule has 0 aromatic heterocycles. The van der Waals surface area contributed by atoms with Crippen molar-refractivity contribution in [1.29, 1.82) is 0 Å². The number of hydrogen-bond donors (Lipinski definition) is 0. The lowest BCUT2D eigenvalue weighted by Gasteiger charge is -2.26. The number of hydrogen-bond acceptors (Lipinski definition) is 2. The minimum Gasteiger partial charge on any atom is -0.367 e. The predicted molar refractivity (Wildman–Crippen MR) is 107 cm³/mol. The third kappa shape index (κ3) is 3.55. The van der Waals surface area contributed by atoms with E-state index < -0.39 is 0 Å². The molecule has 2 aliphatic heterocycles. The highest BCUT2D eigenvalue weighted by Gasteiger charge is 2.35. The Hall–Kier alpha value is -1.55. The zero-order chi connectivity index (χ0) is 18.0. The standard InChI is InChI=1S/C20H24Cl2N3/c1-4-9-24(10-5-2)16-11-19-23-12-15(13-25(19,3)14-16)17-7-6-8-18(21)20(17)22/h6-8,11-14H,4-5,9-10H2,1-3H3/q+1. The van der Waals surface area contributed by atoms with E-state index >= 15 is 0 Å². The average Bonchev–Trinajstić information content (AvgIpc) is 2.93. The number of aliphatic imine (C=N–C) groups is 1. The van der Waals surface area contributed by atoms with Crippen LogP contribution in [0.5, 0.6) is 0 Å². The van der Waals surface area contributed by atoms with Crippen molar-refractivity contribution >= 4 is 35.0 Å². The van der Waals surface area contributed by atoms with Crippen LogP contribution in [-0.4, -0.2) is 35.7 Å². The van der Waals surface area contributed by atoms with Gasteiger partial charge in [0.25, 0.3) is 0 Å². The van der Waals surface area contributed by atoms with Gasteiger partial charge in [0.15, 0.2) is 0 Å². The Morgan fingerprint density at radius 3 is 2.48 bits per heavy atom. The molecule has 2 aliphatic rings. The Morgan fingerprint density at radius 1 is 1.08 bits per heavy atom. The van der Waals surface area contributed by atoms with Crippen LogP contribution in [0.3, 0.4) is 0 Å². The number of benzene rings is 1. The van der Waals surface area contributed by atoms with E-state index in [0.717, 1.165) is 42.9 Å². The minimum atomic E-state index is 0.550. The van der Waals surface area contributed by atoms with E-state index in [0.29, 0.717) is 14.5 Å². The van der Waals surface area contributed by atoms with E-state index in [1.807, 2.05) is 18.3 Å². The number of nitrogens with zero attached hydrogens (tertiary/aromatic N) is 3. The van der Waals surface area contributed by atoms with Crippen LogP contribution >= 0.6 is 23.2 Å². The van der Waals surface area contributed by atoms with Crippen molar-refractivity contribution in [3.8, 4) is 0 Å². The summed E-state index contributed by atoms with van der Waals surface area (Å²) < 4.78 is 0.550. The Morgan fingerprint density at radius 2 is 1.80 bits per heavy atom. The highest BCUT2D eigenvalue weighted by molar-refractivity contribution is 6.43. The summed E-state index contributed by atoms with van der Waals surface area (Å²) in [6, 6.07) is 5.70. The van der Waals surface area contributed by atoms with Crippen LogP contribution in [0, 0.1) is 0 Å². The molecule has 1 atom stereocenters. The first-order valence-corrected chi connectivity index (χ1v) is 9.51. The van der Waals surface area contributed by atoms with Crippen LogP contribution in [-0.2, 0) is 0 Å². The largest absolute Gasteiger partial charge is 0.367 e. The van der Waals surface area contributed by atoms with Crippen molar-refractivity contribution in [3.63, 3.8) is 0 Å². The van der Waals surface area contributed by atoms with Gasteiger partial charge in [0.1, 0.15) is 12.4 Å². The van der Waals surface area contributed by atoms with E-state index in [2.05, 4.69) is 44.3 Å². The molecule has 25 heavy (non-hydrogen) atoms. The van der Waals surface area contributed by atoms with E-state index in [1.54, 1.807) is 6.07 Å². The fourth-order valence-corrected chi connectivity index (χ4v) is 3.73. The van der Waals surface area contributed by atoms with Gasteiger partial charge >= 0.3 is 0 Å². The second-order valence-electron chi connectivity index (χ2n) is 6.63. The van der Waals surface area contributed by atoms with Gasteiger partial charge in [-0.15, -0.1) is 0 Å². The fourth-order valence-electron chi connectivity index (χ4n) is 3.32. The van der Waals surface area contributed by atoms with Crippen molar-refractivity contribution in [1.82, 2.24) is 4.90 Å². The first-order valence-electron chi connectivity index (χ1n) is 8.75. The van der Waals surface area contributed by atoms with Crippen LogP contribution in [0.15, 0.2) is 53.2 Å². The second-order valence-corrected chi connectivity index (χ2v) is 7.42. The molecular formula is C20H24Cl2N3+. The molecule has 0 spiro atoms. The fraction of sp³-hybridized carbons (Fsp3) is 0.350. The second kappa shape index (κ2) is 7.36. The first kappa shape index (κ1) is 18.2. The molecule has 1 aromatic carbocycles. The average molecular weight is 377 g/mol. The zero-order valence-electron chi connectivity index (χ0n) is 15.0. The summed E-state index contributed by atoms with van der Waals surface area (Å²) in [6.07, 6.45) is 10.8. The van der Waals surface area contributed by atoms with Gasteiger partial charge in [-0.25, -0.2) is 9.48 Å².